The maximum atomic E-state index is 11.7. The summed E-state index contributed by atoms with van der Waals surface area (Å²) < 4.78 is 10.5. The summed E-state index contributed by atoms with van der Waals surface area (Å²) in [6, 6.07) is 10.5. The lowest BCUT2D eigenvalue weighted by Gasteiger charge is -2.11. The van der Waals surface area contributed by atoms with E-state index in [1.165, 1.54) is 0 Å². The first kappa shape index (κ1) is 16.1. The second-order valence-corrected chi connectivity index (χ2v) is 5.68. The molecule has 0 bridgehead atoms. The number of ether oxygens (including phenoxy) is 1. The quantitative estimate of drug-likeness (QED) is 0.820. The Morgan fingerprint density at radius 2 is 2.04 bits per heavy atom. The van der Waals surface area contributed by atoms with Gasteiger partial charge >= 0.3 is 6.09 Å². The fourth-order valence-electron chi connectivity index (χ4n) is 2.15. The smallest absolute Gasteiger partial charge is 0.414 e. The van der Waals surface area contributed by atoms with E-state index in [2.05, 4.69) is 33.1 Å². The third-order valence-corrected chi connectivity index (χ3v) is 3.73. The van der Waals surface area contributed by atoms with E-state index in [1.807, 2.05) is 24.3 Å². The van der Waals surface area contributed by atoms with Gasteiger partial charge in [-0.1, -0.05) is 11.8 Å². The van der Waals surface area contributed by atoms with Crippen molar-refractivity contribution in [3.63, 3.8) is 0 Å². The lowest BCUT2D eigenvalue weighted by molar-refractivity contribution is 0.0930. The van der Waals surface area contributed by atoms with Crippen molar-refractivity contribution in [3.05, 3.63) is 52.4 Å². The number of anilines is 1. The highest BCUT2D eigenvalue weighted by Gasteiger charge is 2.23. The highest BCUT2D eigenvalue weighted by Crippen LogP contribution is 2.18. The van der Waals surface area contributed by atoms with Gasteiger partial charge in [0, 0.05) is 11.3 Å². The molecule has 1 aliphatic heterocycles. The number of carbonyl (C=O) groups excluding carboxylic acids is 2. The SMILES string of the molecule is O=C(NCC#Cc1ccc(N2CCOC2=O)cc1)c1ccc(Br)o1. The maximum Gasteiger partial charge on any atom is 0.414 e. The molecular formula is C17H13BrN2O4. The number of furan rings is 1. The van der Waals surface area contributed by atoms with E-state index in [0.29, 0.717) is 17.8 Å². The van der Waals surface area contributed by atoms with Gasteiger partial charge in [0.15, 0.2) is 10.4 Å². The number of benzene rings is 1. The summed E-state index contributed by atoms with van der Waals surface area (Å²) in [5.41, 5.74) is 1.57. The van der Waals surface area contributed by atoms with Crippen LogP contribution in [0.3, 0.4) is 0 Å². The highest BCUT2D eigenvalue weighted by atomic mass is 79.9. The minimum absolute atomic E-state index is 0.206. The standard InChI is InChI=1S/C17H13BrN2O4/c18-15-8-7-14(24-15)16(21)19-9-1-2-12-3-5-13(6-4-12)20-10-11-23-17(20)22/h3-8H,9-11H2,(H,19,21). The van der Waals surface area contributed by atoms with Gasteiger partial charge in [0.25, 0.3) is 5.91 Å². The zero-order chi connectivity index (χ0) is 16.9. The normalized spacial score (nSPS) is 13.2. The summed E-state index contributed by atoms with van der Waals surface area (Å²) in [4.78, 5) is 24.8. The van der Waals surface area contributed by atoms with Crippen LogP contribution in [-0.2, 0) is 4.74 Å². The monoisotopic (exact) mass is 388 g/mol. The van der Waals surface area contributed by atoms with E-state index in [0.717, 1.165) is 11.3 Å². The molecule has 0 aliphatic carbocycles. The molecule has 0 radical (unpaired) electrons. The van der Waals surface area contributed by atoms with E-state index in [4.69, 9.17) is 9.15 Å². The molecule has 24 heavy (non-hydrogen) atoms. The Bertz CT molecular complexity index is 817. The highest BCUT2D eigenvalue weighted by molar-refractivity contribution is 9.10. The average molecular weight is 389 g/mol. The van der Waals surface area contributed by atoms with Gasteiger partial charge in [0.1, 0.15) is 6.61 Å². The van der Waals surface area contributed by atoms with Crippen molar-refractivity contribution >= 4 is 33.6 Å². The molecule has 2 aromatic rings. The number of halogens is 1. The number of carbonyl (C=O) groups is 2. The number of amides is 2. The first-order valence-corrected chi connectivity index (χ1v) is 7.99. The molecule has 0 atom stereocenters. The van der Waals surface area contributed by atoms with Gasteiger partial charge in [-0.15, -0.1) is 0 Å². The summed E-state index contributed by atoms with van der Waals surface area (Å²) in [5, 5.41) is 2.65. The molecule has 1 fully saturated rings. The molecule has 1 N–H and O–H groups in total. The van der Waals surface area contributed by atoms with E-state index in [9.17, 15) is 9.59 Å². The number of cyclic esters (lactones) is 1. The fraction of sp³-hybridized carbons (Fsp3) is 0.176. The largest absolute Gasteiger partial charge is 0.447 e. The van der Waals surface area contributed by atoms with Crippen molar-refractivity contribution in [1.29, 1.82) is 0 Å². The van der Waals surface area contributed by atoms with Gasteiger partial charge in [0.2, 0.25) is 0 Å². The van der Waals surface area contributed by atoms with Crippen LogP contribution in [0.5, 0.6) is 0 Å². The van der Waals surface area contributed by atoms with E-state index >= 15 is 0 Å². The summed E-state index contributed by atoms with van der Waals surface area (Å²) >= 11 is 3.14. The van der Waals surface area contributed by atoms with Crippen molar-refractivity contribution in [1.82, 2.24) is 5.32 Å². The Labute approximate surface area is 146 Å². The van der Waals surface area contributed by atoms with Crippen LogP contribution in [0.15, 0.2) is 45.5 Å². The minimum Gasteiger partial charge on any atom is -0.447 e. The molecule has 1 aliphatic rings. The number of nitrogens with zero attached hydrogens (tertiary/aromatic N) is 1. The van der Waals surface area contributed by atoms with Gasteiger partial charge in [0.05, 0.1) is 13.1 Å². The second-order valence-electron chi connectivity index (χ2n) is 4.90. The zero-order valence-electron chi connectivity index (χ0n) is 12.5. The predicted octanol–water partition coefficient (Wildman–Crippen LogP) is 2.78. The first-order valence-electron chi connectivity index (χ1n) is 7.20. The van der Waals surface area contributed by atoms with Crippen molar-refractivity contribution < 1.29 is 18.7 Å². The van der Waals surface area contributed by atoms with Crippen LogP contribution in [0.25, 0.3) is 0 Å². The molecule has 1 saturated heterocycles. The summed E-state index contributed by atoms with van der Waals surface area (Å²) in [6.07, 6.45) is -0.332. The van der Waals surface area contributed by atoms with Crippen molar-refractivity contribution in [2.45, 2.75) is 0 Å². The van der Waals surface area contributed by atoms with Crippen LogP contribution in [-0.4, -0.2) is 31.7 Å². The first-order chi connectivity index (χ1) is 11.6. The molecule has 0 saturated carbocycles. The van der Waals surface area contributed by atoms with Gasteiger partial charge < -0.3 is 14.5 Å². The van der Waals surface area contributed by atoms with Gasteiger partial charge in [-0.3, -0.25) is 9.69 Å². The van der Waals surface area contributed by atoms with Crippen molar-refractivity contribution in [3.8, 4) is 11.8 Å². The molecule has 122 valence electrons. The molecule has 1 aromatic heterocycles. The molecule has 3 rings (SSSR count). The Hall–Kier alpha value is -2.72. The Morgan fingerprint density at radius 3 is 2.67 bits per heavy atom. The van der Waals surface area contributed by atoms with Crippen LogP contribution in [0.2, 0.25) is 0 Å². The predicted molar refractivity (Wildman–Crippen MR) is 90.8 cm³/mol. The topological polar surface area (TPSA) is 71.8 Å². The molecule has 2 heterocycles. The number of nitrogens with one attached hydrogen (secondary N) is 1. The Morgan fingerprint density at radius 1 is 1.25 bits per heavy atom. The molecule has 0 unspecified atom stereocenters. The van der Waals surface area contributed by atoms with Crippen LogP contribution in [0.4, 0.5) is 10.5 Å². The molecule has 6 nitrogen and oxygen atoms in total. The summed E-state index contributed by atoms with van der Waals surface area (Å²) in [5.74, 6) is 5.72. The lowest BCUT2D eigenvalue weighted by atomic mass is 10.2. The second kappa shape index (κ2) is 7.23. The van der Waals surface area contributed by atoms with Crippen molar-refractivity contribution in [2.75, 3.05) is 24.6 Å². The third-order valence-electron chi connectivity index (χ3n) is 3.31. The van der Waals surface area contributed by atoms with Crippen LogP contribution >= 0.6 is 15.9 Å². The van der Waals surface area contributed by atoms with E-state index in [-0.39, 0.29) is 24.3 Å². The van der Waals surface area contributed by atoms with E-state index in [1.54, 1.807) is 17.0 Å². The molecular weight excluding hydrogens is 376 g/mol. The molecule has 2 amide bonds. The summed E-state index contributed by atoms with van der Waals surface area (Å²) in [6.45, 7) is 1.17. The summed E-state index contributed by atoms with van der Waals surface area (Å²) in [7, 11) is 0. The van der Waals surface area contributed by atoms with Crippen LogP contribution < -0.4 is 10.2 Å². The number of hydrogen-bond acceptors (Lipinski definition) is 4. The van der Waals surface area contributed by atoms with Crippen LogP contribution in [0.1, 0.15) is 16.1 Å². The van der Waals surface area contributed by atoms with Gasteiger partial charge in [-0.2, -0.15) is 0 Å². The molecule has 0 spiro atoms. The third kappa shape index (κ3) is 3.78. The van der Waals surface area contributed by atoms with Crippen molar-refractivity contribution in [2.24, 2.45) is 0 Å². The Kier molecular flexibility index (Phi) is 4.87. The minimum atomic E-state index is -0.332. The average Bonchev–Trinajstić information content (AvgIpc) is 3.20. The Balaban J connectivity index is 1.54. The number of rotatable bonds is 3. The maximum absolute atomic E-state index is 11.7. The fourth-order valence-corrected chi connectivity index (χ4v) is 2.45. The zero-order valence-corrected chi connectivity index (χ0v) is 14.1. The number of hydrogen-bond donors (Lipinski definition) is 1. The van der Waals surface area contributed by atoms with Crippen LogP contribution in [0, 0.1) is 11.8 Å². The lowest BCUT2D eigenvalue weighted by Crippen LogP contribution is -2.23. The van der Waals surface area contributed by atoms with E-state index < -0.39 is 0 Å². The molecule has 1 aromatic carbocycles. The van der Waals surface area contributed by atoms with Gasteiger partial charge in [-0.25, -0.2) is 4.79 Å². The molecule has 7 heteroatoms. The van der Waals surface area contributed by atoms with Gasteiger partial charge in [-0.05, 0) is 52.3 Å².